The van der Waals surface area contributed by atoms with Gasteiger partial charge < -0.3 is 18.9 Å². The zero-order valence-electron chi connectivity index (χ0n) is 29.4. The number of hydrogen-bond donors (Lipinski definition) is 0. The average molecular weight is 679 g/mol. The van der Waals surface area contributed by atoms with Gasteiger partial charge in [0.25, 0.3) is 0 Å². The molecule has 0 aliphatic carbocycles. The molecule has 0 amide bonds. The Morgan fingerprint density at radius 3 is 1.58 bits per heavy atom. The van der Waals surface area contributed by atoms with Crippen molar-refractivity contribution < 1.29 is 33.3 Å². The van der Waals surface area contributed by atoms with Gasteiger partial charge in [0.05, 0.1) is 30.4 Å². The maximum Gasteiger partial charge on any atom is 0.343 e. The number of carbonyl (C=O) groups excluding carboxylic acids is 3. The summed E-state index contributed by atoms with van der Waals surface area (Å²) >= 11 is 0. The third-order valence-electron chi connectivity index (χ3n) is 8.47. The van der Waals surface area contributed by atoms with Crippen molar-refractivity contribution in [1.82, 2.24) is 0 Å². The van der Waals surface area contributed by atoms with Crippen molar-refractivity contribution in [2.24, 2.45) is 0 Å². The van der Waals surface area contributed by atoms with Crippen LogP contribution in [0.3, 0.4) is 0 Å². The van der Waals surface area contributed by atoms with Crippen LogP contribution in [-0.4, -0.2) is 37.5 Å². The van der Waals surface area contributed by atoms with E-state index in [1.54, 1.807) is 60.7 Å². The molecule has 0 aliphatic rings. The summed E-state index contributed by atoms with van der Waals surface area (Å²) in [6.45, 7) is 5.43. The smallest absolute Gasteiger partial charge is 0.343 e. The van der Waals surface area contributed by atoms with E-state index in [1.165, 1.54) is 19.3 Å². The monoisotopic (exact) mass is 678 g/mol. The predicted octanol–water partition coefficient (Wildman–Crippen LogP) is 10.7. The molecule has 0 saturated heterocycles. The molecule has 0 saturated carbocycles. The van der Waals surface area contributed by atoms with Gasteiger partial charge in [-0.05, 0) is 117 Å². The molecular formula is C43H50O7. The number of esters is 2. The lowest BCUT2D eigenvalue weighted by Gasteiger charge is -2.13. The quantitative estimate of drug-likeness (QED) is 0.0354. The van der Waals surface area contributed by atoms with E-state index in [2.05, 4.69) is 6.92 Å². The molecule has 1 atom stereocenters. The Morgan fingerprint density at radius 1 is 0.560 bits per heavy atom. The van der Waals surface area contributed by atoms with Gasteiger partial charge in [-0.1, -0.05) is 76.1 Å². The first-order valence-electron chi connectivity index (χ1n) is 18.0. The van der Waals surface area contributed by atoms with Gasteiger partial charge in [0.2, 0.25) is 0 Å². The van der Waals surface area contributed by atoms with Crippen LogP contribution in [0.1, 0.15) is 116 Å². The van der Waals surface area contributed by atoms with Gasteiger partial charge >= 0.3 is 11.9 Å². The van der Waals surface area contributed by atoms with Gasteiger partial charge in [-0.25, -0.2) is 9.59 Å². The summed E-state index contributed by atoms with van der Waals surface area (Å²) in [6, 6.07) is 28.8. The second-order valence-corrected chi connectivity index (χ2v) is 12.6. The standard InChI is InChI=1S/C43H50O7/c1-3-4-5-10-13-33(2)49-42(45)37-18-16-35(17-19-37)36-20-28-41(29-21-36)50-43(46)38-22-26-40(27-23-38)48-31-12-9-7-6-8-11-30-47-39-24-14-34(32-44)15-25-39/h14-29,32-33H,3-13,30-31H2,1-2H3. The van der Waals surface area contributed by atoms with Gasteiger partial charge in [0.1, 0.15) is 23.5 Å². The van der Waals surface area contributed by atoms with Crippen LogP contribution in [0.4, 0.5) is 0 Å². The van der Waals surface area contributed by atoms with E-state index >= 15 is 0 Å². The third kappa shape index (κ3) is 13.2. The highest BCUT2D eigenvalue weighted by Gasteiger charge is 2.13. The van der Waals surface area contributed by atoms with Crippen LogP contribution in [0, 0.1) is 0 Å². The Kier molecular flexibility index (Phi) is 16.1. The second kappa shape index (κ2) is 21.2. The molecule has 4 aromatic rings. The van der Waals surface area contributed by atoms with Gasteiger partial charge in [0, 0.05) is 5.56 Å². The average Bonchev–Trinajstić information content (AvgIpc) is 3.15. The zero-order chi connectivity index (χ0) is 35.4. The van der Waals surface area contributed by atoms with Gasteiger partial charge in [0.15, 0.2) is 0 Å². The minimum Gasteiger partial charge on any atom is -0.494 e. The van der Waals surface area contributed by atoms with E-state index in [1.807, 2.05) is 43.3 Å². The number of aldehydes is 1. The molecule has 0 fully saturated rings. The van der Waals surface area contributed by atoms with Gasteiger partial charge in [-0.15, -0.1) is 0 Å². The highest BCUT2D eigenvalue weighted by Crippen LogP contribution is 2.24. The lowest BCUT2D eigenvalue weighted by molar-refractivity contribution is 0.0319. The molecule has 1 unspecified atom stereocenters. The van der Waals surface area contributed by atoms with Crippen molar-refractivity contribution in [2.75, 3.05) is 13.2 Å². The fraction of sp³-hybridized carbons (Fsp3) is 0.372. The maximum atomic E-state index is 12.7. The molecule has 0 spiro atoms. The maximum absolute atomic E-state index is 12.7. The van der Waals surface area contributed by atoms with Gasteiger partial charge in [-0.3, -0.25) is 4.79 Å². The van der Waals surface area contributed by atoms with E-state index in [4.69, 9.17) is 18.9 Å². The Morgan fingerprint density at radius 2 is 1.02 bits per heavy atom. The molecule has 0 aliphatic heterocycles. The lowest BCUT2D eigenvalue weighted by Crippen LogP contribution is -2.15. The molecule has 0 bridgehead atoms. The zero-order valence-corrected chi connectivity index (χ0v) is 29.4. The largest absolute Gasteiger partial charge is 0.494 e. The normalized spacial score (nSPS) is 11.4. The van der Waals surface area contributed by atoms with E-state index < -0.39 is 5.97 Å². The van der Waals surface area contributed by atoms with Crippen molar-refractivity contribution >= 4 is 18.2 Å². The van der Waals surface area contributed by atoms with Gasteiger partial charge in [-0.2, -0.15) is 0 Å². The number of unbranched alkanes of at least 4 members (excludes halogenated alkanes) is 8. The fourth-order valence-electron chi connectivity index (χ4n) is 5.47. The summed E-state index contributed by atoms with van der Waals surface area (Å²) in [6.07, 6.45) is 12.7. The number of ether oxygens (including phenoxy) is 4. The van der Waals surface area contributed by atoms with Crippen LogP contribution in [0.2, 0.25) is 0 Å². The molecule has 0 N–H and O–H groups in total. The summed E-state index contributed by atoms with van der Waals surface area (Å²) in [5.41, 5.74) is 3.52. The van der Waals surface area contributed by atoms with Crippen LogP contribution in [0.5, 0.6) is 17.2 Å². The summed E-state index contributed by atoms with van der Waals surface area (Å²) in [5, 5.41) is 0. The molecule has 4 aromatic carbocycles. The van der Waals surface area contributed by atoms with E-state index in [9.17, 15) is 14.4 Å². The molecule has 7 nitrogen and oxygen atoms in total. The Hall–Kier alpha value is -4.91. The SMILES string of the molecule is CCCCCCC(C)OC(=O)c1ccc(-c2ccc(OC(=O)c3ccc(OCCCCCCCCOc4ccc(C=O)cc4)cc3)cc2)cc1. The van der Waals surface area contributed by atoms with Crippen LogP contribution in [0.15, 0.2) is 97.1 Å². The molecular weight excluding hydrogens is 628 g/mol. The van der Waals surface area contributed by atoms with Crippen LogP contribution >= 0.6 is 0 Å². The van der Waals surface area contributed by atoms with Crippen molar-refractivity contribution in [1.29, 1.82) is 0 Å². The second-order valence-electron chi connectivity index (χ2n) is 12.6. The van der Waals surface area contributed by atoms with Crippen LogP contribution < -0.4 is 14.2 Å². The summed E-state index contributed by atoms with van der Waals surface area (Å²) in [5.74, 6) is 1.23. The Labute approximate surface area is 296 Å². The minimum atomic E-state index is -0.437. The van der Waals surface area contributed by atoms with E-state index in [0.717, 1.165) is 80.3 Å². The molecule has 264 valence electrons. The highest BCUT2D eigenvalue weighted by molar-refractivity contribution is 5.91. The lowest BCUT2D eigenvalue weighted by atomic mass is 10.0. The van der Waals surface area contributed by atoms with E-state index in [-0.39, 0.29) is 12.1 Å². The highest BCUT2D eigenvalue weighted by atomic mass is 16.5. The fourth-order valence-corrected chi connectivity index (χ4v) is 5.47. The summed E-state index contributed by atoms with van der Waals surface area (Å²) < 4.78 is 22.8. The molecule has 0 aromatic heterocycles. The number of rotatable bonds is 22. The van der Waals surface area contributed by atoms with E-state index in [0.29, 0.717) is 35.7 Å². The minimum absolute atomic E-state index is 0.0995. The first-order chi connectivity index (χ1) is 24.4. The molecule has 0 heterocycles. The molecule has 7 heteroatoms. The van der Waals surface area contributed by atoms with Crippen molar-refractivity contribution in [3.05, 3.63) is 114 Å². The third-order valence-corrected chi connectivity index (χ3v) is 8.47. The van der Waals surface area contributed by atoms with Crippen LogP contribution in [-0.2, 0) is 4.74 Å². The summed E-state index contributed by atoms with van der Waals surface area (Å²) in [7, 11) is 0. The van der Waals surface area contributed by atoms with Crippen molar-refractivity contribution in [3.8, 4) is 28.4 Å². The van der Waals surface area contributed by atoms with Crippen molar-refractivity contribution in [3.63, 3.8) is 0 Å². The topological polar surface area (TPSA) is 88.1 Å². The predicted molar refractivity (Wildman–Crippen MR) is 197 cm³/mol. The van der Waals surface area contributed by atoms with Crippen LogP contribution in [0.25, 0.3) is 11.1 Å². The van der Waals surface area contributed by atoms with Crippen molar-refractivity contribution in [2.45, 2.75) is 90.6 Å². The Bertz CT molecular complexity index is 1580. The molecule has 4 rings (SSSR count). The molecule has 50 heavy (non-hydrogen) atoms. The number of hydrogen-bond acceptors (Lipinski definition) is 7. The number of benzene rings is 4. The summed E-state index contributed by atoms with van der Waals surface area (Å²) in [4.78, 5) is 36.0. The first-order valence-corrected chi connectivity index (χ1v) is 18.0. The molecule has 0 radical (unpaired) electrons. The number of carbonyl (C=O) groups is 3. The Balaban J connectivity index is 1.09. The first kappa shape index (κ1) is 37.9.